The lowest BCUT2D eigenvalue weighted by molar-refractivity contribution is -0.144. The summed E-state index contributed by atoms with van der Waals surface area (Å²) in [6.45, 7) is 0. The molecule has 26 heavy (non-hydrogen) atoms. The van der Waals surface area contributed by atoms with Crippen LogP contribution >= 0.6 is 0 Å². The van der Waals surface area contributed by atoms with Crippen LogP contribution in [-0.2, 0) is 21.9 Å². The fourth-order valence-electron chi connectivity index (χ4n) is 1.93. The number of methoxy groups -OCH3 is 1. The fraction of sp³-hybridized carbons (Fsp3) is 0.400. The molecule has 0 aliphatic heterocycles. The summed E-state index contributed by atoms with van der Waals surface area (Å²) in [4.78, 5) is 23.6. The summed E-state index contributed by atoms with van der Waals surface area (Å²) in [5, 5.41) is 10.5. The highest BCUT2D eigenvalue weighted by Crippen LogP contribution is 2.36. The van der Waals surface area contributed by atoms with Gasteiger partial charge in [-0.05, 0) is 24.6 Å². The van der Waals surface area contributed by atoms with Gasteiger partial charge < -0.3 is 10.1 Å². The maximum Gasteiger partial charge on any atom is 0.416 e. The number of alkyl halides is 6. The van der Waals surface area contributed by atoms with E-state index in [1.54, 1.807) is 6.07 Å². The van der Waals surface area contributed by atoms with Gasteiger partial charge in [0.15, 0.2) is 0 Å². The monoisotopic (exact) mass is 382 g/mol. The van der Waals surface area contributed by atoms with E-state index in [4.69, 9.17) is 5.26 Å². The second-order valence-corrected chi connectivity index (χ2v) is 5.04. The Bertz CT molecular complexity index is 689. The van der Waals surface area contributed by atoms with Crippen LogP contribution in [0.5, 0.6) is 0 Å². The van der Waals surface area contributed by atoms with Gasteiger partial charge in [0.1, 0.15) is 6.04 Å². The summed E-state index contributed by atoms with van der Waals surface area (Å²) in [5.41, 5.74) is -4.26. The SMILES string of the molecule is COC(=O)[C@H](CCC#N)NC(=O)c1cc(C(F)(F)F)cc(C(F)(F)F)c1. The molecule has 1 N–H and O–H groups in total. The summed E-state index contributed by atoms with van der Waals surface area (Å²) in [6.07, 6.45) is -10.6. The molecule has 0 aliphatic rings. The zero-order valence-corrected chi connectivity index (χ0v) is 13.2. The first-order valence-electron chi connectivity index (χ1n) is 6.95. The Labute approximate surface area is 143 Å². The number of nitriles is 1. The largest absolute Gasteiger partial charge is 0.467 e. The van der Waals surface area contributed by atoms with Gasteiger partial charge in [0.2, 0.25) is 0 Å². The first-order valence-corrected chi connectivity index (χ1v) is 6.95. The van der Waals surface area contributed by atoms with Gasteiger partial charge in [-0.1, -0.05) is 0 Å². The molecule has 142 valence electrons. The number of esters is 1. The molecule has 0 aliphatic carbocycles. The molecule has 0 bridgehead atoms. The molecule has 1 aromatic carbocycles. The van der Waals surface area contributed by atoms with Crippen molar-refractivity contribution in [1.82, 2.24) is 5.32 Å². The van der Waals surface area contributed by atoms with E-state index in [1.807, 2.05) is 5.32 Å². The molecule has 0 fully saturated rings. The molecule has 1 aromatic rings. The number of amides is 1. The third kappa shape index (κ3) is 5.65. The fourth-order valence-corrected chi connectivity index (χ4v) is 1.93. The van der Waals surface area contributed by atoms with E-state index in [0.717, 1.165) is 7.11 Å². The minimum absolute atomic E-state index is 0.121. The molecule has 11 heteroatoms. The average Bonchev–Trinajstić information content (AvgIpc) is 2.55. The molecule has 0 saturated carbocycles. The van der Waals surface area contributed by atoms with Gasteiger partial charge in [-0.3, -0.25) is 4.79 Å². The van der Waals surface area contributed by atoms with Crippen molar-refractivity contribution in [1.29, 1.82) is 5.26 Å². The van der Waals surface area contributed by atoms with Gasteiger partial charge >= 0.3 is 18.3 Å². The number of nitrogens with one attached hydrogen (secondary N) is 1. The van der Waals surface area contributed by atoms with Crippen LogP contribution in [0.3, 0.4) is 0 Å². The van der Waals surface area contributed by atoms with Gasteiger partial charge in [-0.2, -0.15) is 31.6 Å². The molecule has 1 rings (SSSR count). The molecule has 5 nitrogen and oxygen atoms in total. The Morgan fingerprint density at radius 3 is 2.00 bits per heavy atom. The van der Waals surface area contributed by atoms with Crippen LogP contribution in [0.15, 0.2) is 18.2 Å². The highest BCUT2D eigenvalue weighted by atomic mass is 19.4. The number of hydrogen-bond donors (Lipinski definition) is 1. The van der Waals surface area contributed by atoms with Crippen molar-refractivity contribution in [3.8, 4) is 6.07 Å². The van der Waals surface area contributed by atoms with Crippen molar-refractivity contribution in [2.45, 2.75) is 31.2 Å². The highest BCUT2D eigenvalue weighted by Gasteiger charge is 2.37. The summed E-state index contributed by atoms with van der Waals surface area (Å²) in [6, 6.07) is 0.657. The summed E-state index contributed by atoms with van der Waals surface area (Å²) in [5.74, 6) is -2.33. The van der Waals surface area contributed by atoms with Crippen molar-refractivity contribution in [2.75, 3.05) is 7.11 Å². The number of rotatable bonds is 5. The number of halogens is 6. The molecule has 0 spiro atoms. The van der Waals surface area contributed by atoms with Gasteiger partial charge in [-0.15, -0.1) is 0 Å². The Kier molecular flexibility index (Phi) is 6.60. The average molecular weight is 382 g/mol. The Balaban J connectivity index is 3.25. The number of nitrogens with zero attached hydrogens (tertiary/aromatic N) is 1. The van der Waals surface area contributed by atoms with Crippen molar-refractivity contribution in [3.63, 3.8) is 0 Å². The maximum atomic E-state index is 12.8. The van der Waals surface area contributed by atoms with E-state index < -0.39 is 47.0 Å². The van der Waals surface area contributed by atoms with Crippen LogP contribution in [0.4, 0.5) is 26.3 Å². The van der Waals surface area contributed by atoms with E-state index in [2.05, 4.69) is 4.74 Å². The predicted molar refractivity (Wildman–Crippen MR) is 74.6 cm³/mol. The van der Waals surface area contributed by atoms with Crippen LogP contribution in [0.25, 0.3) is 0 Å². The highest BCUT2D eigenvalue weighted by molar-refractivity contribution is 5.97. The first kappa shape index (κ1) is 21.3. The van der Waals surface area contributed by atoms with E-state index in [0.29, 0.717) is 0 Å². The number of ether oxygens (including phenoxy) is 1. The molecular weight excluding hydrogens is 370 g/mol. The minimum Gasteiger partial charge on any atom is -0.467 e. The summed E-state index contributed by atoms with van der Waals surface area (Å²) >= 11 is 0. The van der Waals surface area contributed by atoms with Crippen molar-refractivity contribution in [3.05, 3.63) is 34.9 Å². The van der Waals surface area contributed by atoms with Crippen molar-refractivity contribution >= 4 is 11.9 Å². The number of carbonyl (C=O) groups is 2. The zero-order valence-electron chi connectivity index (χ0n) is 13.2. The molecule has 0 heterocycles. The zero-order chi connectivity index (χ0) is 20.1. The van der Waals surface area contributed by atoms with E-state index in [-0.39, 0.29) is 31.0 Å². The second-order valence-electron chi connectivity index (χ2n) is 5.04. The third-order valence-electron chi connectivity index (χ3n) is 3.19. The normalized spacial score (nSPS) is 12.8. The van der Waals surface area contributed by atoms with Gasteiger partial charge in [-0.25, -0.2) is 4.79 Å². The second kappa shape index (κ2) is 8.07. The van der Waals surface area contributed by atoms with Gasteiger partial charge in [0.05, 0.1) is 24.3 Å². The molecule has 0 radical (unpaired) electrons. The first-order chi connectivity index (χ1) is 11.9. The Hall–Kier alpha value is -2.77. The Morgan fingerprint density at radius 2 is 1.62 bits per heavy atom. The van der Waals surface area contributed by atoms with Crippen LogP contribution < -0.4 is 5.32 Å². The lowest BCUT2D eigenvalue weighted by Gasteiger charge is -2.17. The van der Waals surface area contributed by atoms with E-state index >= 15 is 0 Å². The van der Waals surface area contributed by atoms with Crippen LogP contribution in [0.2, 0.25) is 0 Å². The molecule has 0 aromatic heterocycles. The standard InChI is InChI=1S/C15H12F6N2O3/c1-26-13(25)11(3-2-4-22)23-12(24)8-5-9(14(16,17)18)7-10(6-8)15(19,20)21/h5-7,11H,2-3H2,1H3,(H,23,24)/t11-/m0/s1. The molecule has 0 saturated heterocycles. The van der Waals surface area contributed by atoms with E-state index in [1.165, 1.54) is 0 Å². The number of carbonyl (C=O) groups excluding carboxylic acids is 2. The summed E-state index contributed by atoms with van der Waals surface area (Å²) in [7, 11) is 0.972. The van der Waals surface area contributed by atoms with Gasteiger partial charge in [0, 0.05) is 12.0 Å². The van der Waals surface area contributed by atoms with Crippen LogP contribution in [0.1, 0.15) is 34.3 Å². The molecule has 0 unspecified atom stereocenters. The van der Waals surface area contributed by atoms with Crippen LogP contribution in [-0.4, -0.2) is 25.0 Å². The van der Waals surface area contributed by atoms with Crippen molar-refractivity contribution < 1.29 is 40.7 Å². The lowest BCUT2D eigenvalue weighted by atomic mass is 10.0. The minimum atomic E-state index is -5.11. The number of benzene rings is 1. The van der Waals surface area contributed by atoms with Gasteiger partial charge in [0.25, 0.3) is 5.91 Å². The smallest absolute Gasteiger partial charge is 0.416 e. The number of hydrogen-bond acceptors (Lipinski definition) is 4. The predicted octanol–water partition coefficient (Wildman–Crippen LogP) is 3.30. The Morgan fingerprint density at radius 1 is 1.12 bits per heavy atom. The maximum absolute atomic E-state index is 12.8. The molecule has 1 atom stereocenters. The summed E-state index contributed by atoms with van der Waals surface area (Å²) < 4.78 is 81.2. The molecule has 1 amide bonds. The topological polar surface area (TPSA) is 79.2 Å². The quantitative estimate of drug-likeness (QED) is 0.626. The molecular formula is C15H12F6N2O3. The van der Waals surface area contributed by atoms with Crippen molar-refractivity contribution in [2.24, 2.45) is 0 Å². The lowest BCUT2D eigenvalue weighted by Crippen LogP contribution is -2.41. The van der Waals surface area contributed by atoms with Crippen LogP contribution in [0, 0.1) is 11.3 Å². The third-order valence-corrected chi connectivity index (χ3v) is 3.19. The van der Waals surface area contributed by atoms with E-state index in [9.17, 15) is 35.9 Å².